The Bertz CT molecular complexity index is 1330. The van der Waals surface area contributed by atoms with Crippen molar-refractivity contribution >= 4 is 18.7 Å². The van der Waals surface area contributed by atoms with Crippen molar-refractivity contribution in [2.24, 2.45) is 17.8 Å². The molecular weight excluding hydrogens is 609 g/mol. The molecule has 10 atom stereocenters. The van der Waals surface area contributed by atoms with E-state index >= 15 is 0 Å². The van der Waals surface area contributed by atoms with Crippen molar-refractivity contribution in [2.45, 2.75) is 103 Å². The molecule has 7 nitrogen and oxygen atoms in total. The minimum Gasteiger partial charge on any atom is -0.405 e. The summed E-state index contributed by atoms with van der Waals surface area (Å²) >= 11 is 0. The van der Waals surface area contributed by atoms with Gasteiger partial charge >= 0.3 is 0 Å². The first-order valence-corrected chi connectivity index (χ1v) is 19.0. The Hall–Kier alpha value is -2.40. The minimum absolute atomic E-state index is 0.0705. The lowest BCUT2D eigenvalue weighted by atomic mass is 9.84. The molecule has 0 aromatic heterocycles. The van der Waals surface area contributed by atoms with Crippen LogP contribution in [0.2, 0.25) is 5.04 Å². The first-order valence-electron chi connectivity index (χ1n) is 17.1. The van der Waals surface area contributed by atoms with Crippen molar-refractivity contribution in [1.82, 2.24) is 0 Å². The van der Waals surface area contributed by atoms with Crippen molar-refractivity contribution in [3.8, 4) is 0 Å². The Kier molecular flexibility index (Phi) is 11.8. The molecule has 2 heterocycles. The summed E-state index contributed by atoms with van der Waals surface area (Å²) in [7, 11) is -1.14. The Labute approximate surface area is 282 Å². The van der Waals surface area contributed by atoms with Crippen LogP contribution in [0.15, 0.2) is 91.0 Å². The maximum atomic E-state index is 11.1. The number of methoxy groups -OCH3 is 1. The molecule has 8 heteroatoms. The van der Waals surface area contributed by atoms with Crippen molar-refractivity contribution in [3.05, 3.63) is 96.6 Å². The Morgan fingerprint density at radius 2 is 1.26 bits per heavy atom. The number of ether oxygens (including phenoxy) is 5. The van der Waals surface area contributed by atoms with Gasteiger partial charge in [0, 0.05) is 18.9 Å². The van der Waals surface area contributed by atoms with Crippen LogP contribution in [0.4, 0.5) is 0 Å². The van der Waals surface area contributed by atoms with Crippen LogP contribution in [0, 0.1) is 17.8 Å². The highest BCUT2D eigenvalue weighted by Gasteiger charge is 2.53. The monoisotopic (exact) mass is 662 g/mol. The summed E-state index contributed by atoms with van der Waals surface area (Å²) in [5, 5.41) is 13.4. The van der Waals surface area contributed by atoms with Crippen LogP contribution in [0.3, 0.4) is 0 Å². The van der Waals surface area contributed by atoms with Crippen LogP contribution in [0.5, 0.6) is 0 Å². The van der Waals surface area contributed by atoms with E-state index in [0.717, 1.165) is 5.56 Å². The highest BCUT2D eigenvalue weighted by atomic mass is 28.4. The predicted octanol–water partition coefficient (Wildman–Crippen LogP) is 5.92. The van der Waals surface area contributed by atoms with Gasteiger partial charge in [-0.2, -0.15) is 0 Å². The molecule has 0 amide bonds. The zero-order valence-corrected chi connectivity index (χ0v) is 30.2. The van der Waals surface area contributed by atoms with Crippen LogP contribution < -0.4 is 10.4 Å². The maximum Gasteiger partial charge on any atom is 0.261 e. The fraction of sp³-hybridized carbons (Fsp3) is 0.538. The summed E-state index contributed by atoms with van der Waals surface area (Å²) in [6.07, 6.45) is -3.47. The molecule has 256 valence electrons. The first kappa shape index (κ1) is 35.9. The van der Waals surface area contributed by atoms with Gasteiger partial charge in [0.05, 0.1) is 31.5 Å². The van der Waals surface area contributed by atoms with Gasteiger partial charge < -0.3 is 33.2 Å². The van der Waals surface area contributed by atoms with E-state index in [9.17, 15) is 5.11 Å². The fourth-order valence-corrected chi connectivity index (χ4v) is 11.9. The van der Waals surface area contributed by atoms with Crippen LogP contribution in [-0.4, -0.2) is 70.2 Å². The molecule has 4 unspecified atom stereocenters. The highest BCUT2D eigenvalue weighted by molar-refractivity contribution is 6.99. The van der Waals surface area contributed by atoms with Crippen LogP contribution >= 0.6 is 0 Å². The van der Waals surface area contributed by atoms with Gasteiger partial charge in [-0.05, 0) is 33.8 Å². The van der Waals surface area contributed by atoms with Crippen molar-refractivity contribution < 1.29 is 33.2 Å². The quantitative estimate of drug-likeness (QED) is 0.256. The summed E-state index contributed by atoms with van der Waals surface area (Å²) < 4.78 is 39.5. The third kappa shape index (κ3) is 7.60. The van der Waals surface area contributed by atoms with Crippen molar-refractivity contribution in [1.29, 1.82) is 0 Å². The van der Waals surface area contributed by atoms with E-state index in [-0.39, 0.29) is 28.9 Å². The predicted molar refractivity (Wildman–Crippen MR) is 187 cm³/mol. The van der Waals surface area contributed by atoms with Gasteiger partial charge in [-0.1, -0.05) is 133 Å². The number of aliphatic hydroxyl groups is 1. The zero-order chi connectivity index (χ0) is 33.8. The van der Waals surface area contributed by atoms with Gasteiger partial charge in [0.1, 0.15) is 12.2 Å². The van der Waals surface area contributed by atoms with Gasteiger partial charge in [-0.3, -0.25) is 0 Å². The number of hydrogen-bond acceptors (Lipinski definition) is 7. The summed E-state index contributed by atoms with van der Waals surface area (Å²) in [5.41, 5.74) is 1.05. The molecule has 0 spiro atoms. The summed E-state index contributed by atoms with van der Waals surface area (Å²) in [4.78, 5) is 0. The summed E-state index contributed by atoms with van der Waals surface area (Å²) in [5.74, 6) is -0.0879. The van der Waals surface area contributed by atoms with Gasteiger partial charge in [0.2, 0.25) is 0 Å². The standard InChI is InChI=1S/C39H54O7Si/c1-26-27(2)37(41-8)45-33(25-43-47(39(5,6)7,31-20-14-10-15-21-31)32-22-16-11-17-23-32)35(26)46-38-28(3)36(34(40)29(4)44-38)42-24-30-18-12-9-13-19-30/h9-23,26-29,33-38,40H,24-25H2,1-8H3/t26-,27?,28?,29?,33?,34-,35-,36+,37+,38+/m1/s1. The van der Waals surface area contributed by atoms with E-state index in [0.29, 0.717) is 13.2 Å². The smallest absolute Gasteiger partial charge is 0.261 e. The molecule has 2 saturated heterocycles. The molecule has 3 aromatic rings. The highest BCUT2D eigenvalue weighted by Crippen LogP contribution is 2.40. The Morgan fingerprint density at radius 3 is 1.79 bits per heavy atom. The third-order valence-corrected chi connectivity index (χ3v) is 15.3. The first-order chi connectivity index (χ1) is 22.5. The van der Waals surface area contributed by atoms with E-state index in [2.05, 4.69) is 95.3 Å². The third-order valence-electron chi connectivity index (χ3n) is 10.3. The molecule has 1 N–H and O–H groups in total. The lowest BCUT2D eigenvalue weighted by Crippen LogP contribution is -2.68. The molecule has 2 aliphatic rings. The topological polar surface area (TPSA) is 75.6 Å². The molecule has 2 aliphatic heterocycles. The summed E-state index contributed by atoms with van der Waals surface area (Å²) in [6, 6.07) is 31.3. The molecule has 2 fully saturated rings. The Balaban J connectivity index is 1.43. The van der Waals surface area contributed by atoms with Crippen molar-refractivity contribution in [2.75, 3.05) is 13.7 Å². The van der Waals surface area contributed by atoms with E-state index in [1.807, 2.05) is 44.2 Å². The average Bonchev–Trinajstić information content (AvgIpc) is 3.07. The number of rotatable bonds is 11. The zero-order valence-electron chi connectivity index (χ0n) is 29.2. The largest absolute Gasteiger partial charge is 0.405 e. The second-order valence-corrected chi connectivity index (χ2v) is 18.7. The molecule has 0 aliphatic carbocycles. The van der Waals surface area contributed by atoms with Gasteiger partial charge in [0.15, 0.2) is 12.6 Å². The minimum atomic E-state index is -2.83. The van der Waals surface area contributed by atoms with E-state index < -0.39 is 45.3 Å². The molecule has 47 heavy (non-hydrogen) atoms. The van der Waals surface area contributed by atoms with Crippen molar-refractivity contribution in [3.63, 3.8) is 0 Å². The van der Waals surface area contributed by atoms with E-state index in [1.54, 1.807) is 7.11 Å². The van der Waals surface area contributed by atoms with E-state index in [1.165, 1.54) is 10.4 Å². The number of benzene rings is 3. The Morgan fingerprint density at radius 1 is 0.702 bits per heavy atom. The SMILES string of the molecule is CO[C@H]1OC(CO[Si](c2ccccc2)(c2ccccc2)C(C)(C)C)[C@H](O[C@@H]2OC(C)[C@@H](O)[C@@H](OCc3ccccc3)C2C)[C@H](C)C1C. The van der Waals surface area contributed by atoms with Crippen LogP contribution in [0.25, 0.3) is 0 Å². The van der Waals surface area contributed by atoms with Crippen LogP contribution in [0.1, 0.15) is 54.0 Å². The summed E-state index contributed by atoms with van der Waals surface area (Å²) in [6.45, 7) is 15.8. The number of aliphatic hydroxyl groups excluding tert-OH is 1. The van der Waals surface area contributed by atoms with Crippen LogP contribution in [-0.2, 0) is 34.7 Å². The van der Waals surface area contributed by atoms with E-state index in [4.69, 9.17) is 28.1 Å². The van der Waals surface area contributed by atoms with Gasteiger partial charge in [0.25, 0.3) is 8.32 Å². The second kappa shape index (κ2) is 15.4. The maximum absolute atomic E-state index is 11.1. The molecule has 5 rings (SSSR count). The molecule has 0 bridgehead atoms. The number of hydrogen-bond donors (Lipinski definition) is 1. The molecular formula is C39H54O7Si. The molecule has 0 saturated carbocycles. The molecule has 3 aromatic carbocycles. The lowest BCUT2D eigenvalue weighted by molar-refractivity contribution is -0.334. The normalized spacial score (nSPS) is 31.9. The molecule has 0 radical (unpaired) electrons. The second-order valence-electron chi connectivity index (χ2n) is 14.4. The average molecular weight is 663 g/mol. The van der Waals surface area contributed by atoms with Gasteiger partial charge in [-0.15, -0.1) is 0 Å². The van der Waals surface area contributed by atoms with Gasteiger partial charge in [-0.25, -0.2) is 0 Å². The fourth-order valence-electron chi connectivity index (χ4n) is 7.32. The lowest BCUT2D eigenvalue weighted by Gasteiger charge is -2.49.